The normalized spacial score (nSPS) is 12.7. The zero-order valence-electron chi connectivity index (χ0n) is 11.8. The SMILES string of the molecule is C[SiH](C)O[Si](C)(CCCOCCF)O[SiH](C)C. The van der Waals surface area contributed by atoms with Crippen LogP contribution in [0.25, 0.3) is 0 Å². The average Bonchev–Trinajstić information content (AvgIpc) is 2.14. The van der Waals surface area contributed by atoms with Gasteiger partial charge in [0.15, 0.2) is 18.1 Å². The van der Waals surface area contributed by atoms with Gasteiger partial charge in [-0.3, -0.25) is 0 Å². The molecule has 0 amide bonds. The van der Waals surface area contributed by atoms with E-state index in [-0.39, 0.29) is 6.61 Å². The Morgan fingerprint density at radius 2 is 1.53 bits per heavy atom. The topological polar surface area (TPSA) is 27.7 Å². The first-order valence-electron chi connectivity index (χ1n) is 6.39. The van der Waals surface area contributed by atoms with E-state index in [1.165, 1.54) is 0 Å². The number of hydrogen-bond acceptors (Lipinski definition) is 3. The molecule has 17 heavy (non-hydrogen) atoms. The van der Waals surface area contributed by atoms with Gasteiger partial charge in [0, 0.05) is 6.61 Å². The van der Waals surface area contributed by atoms with Crippen molar-refractivity contribution < 1.29 is 17.4 Å². The van der Waals surface area contributed by atoms with Gasteiger partial charge in [-0.1, -0.05) is 0 Å². The number of ether oxygens (including phenoxy) is 1. The molecule has 3 nitrogen and oxygen atoms in total. The van der Waals surface area contributed by atoms with Crippen LogP contribution in [0, 0.1) is 0 Å². The van der Waals surface area contributed by atoms with Crippen LogP contribution in [0.2, 0.25) is 38.8 Å². The first kappa shape index (κ1) is 17.5. The molecule has 0 radical (unpaired) electrons. The second-order valence-electron chi connectivity index (χ2n) is 4.87. The fraction of sp³-hybridized carbons (Fsp3) is 1.00. The van der Waals surface area contributed by atoms with Gasteiger partial charge in [0.25, 0.3) is 0 Å². The van der Waals surface area contributed by atoms with Crippen LogP contribution in [-0.2, 0) is 13.0 Å². The maximum atomic E-state index is 11.8. The predicted molar refractivity (Wildman–Crippen MR) is 77.8 cm³/mol. The summed E-state index contributed by atoms with van der Waals surface area (Å²) in [4.78, 5) is 0. The minimum atomic E-state index is -1.99. The van der Waals surface area contributed by atoms with Crippen molar-refractivity contribution in [3.8, 4) is 0 Å². The lowest BCUT2D eigenvalue weighted by Gasteiger charge is -2.31. The molecule has 0 aliphatic heterocycles. The quantitative estimate of drug-likeness (QED) is 0.458. The zero-order chi connectivity index (χ0) is 13.3. The van der Waals surface area contributed by atoms with Crippen molar-refractivity contribution in [3.63, 3.8) is 0 Å². The molecule has 0 N–H and O–H groups in total. The van der Waals surface area contributed by atoms with E-state index in [4.69, 9.17) is 13.0 Å². The van der Waals surface area contributed by atoms with Crippen LogP contribution in [0.5, 0.6) is 0 Å². The van der Waals surface area contributed by atoms with Crippen LogP contribution in [-0.4, -0.2) is 46.5 Å². The molecule has 0 aliphatic carbocycles. The van der Waals surface area contributed by atoms with Crippen molar-refractivity contribution >= 4 is 26.6 Å². The van der Waals surface area contributed by atoms with Crippen LogP contribution in [0.1, 0.15) is 6.42 Å². The summed E-state index contributed by atoms with van der Waals surface area (Å²) in [5.74, 6) is 0. The van der Waals surface area contributed by atoms with Crippen LogP contribution in [0.15, 0.2) is 0 Å². The van der Waals surface area contributed by atoms with Gasteiger partial charge >= 0.3 is 8.56 Å². The largest absolute Gasteiger partial charge is 0.439 e. The third-order valence-corrected chi connectivity index (χ3v) is 11.1. The molecule has 0 rings (SSSR count). The monoisotopic (exact) mass is 298 g/mol. The maximum absolute atomic E-state index is 11.8. The summed E-state index contributed by atoms with van der Waals surface area (Å²) < 4.78 is 29.2. The Kier molecular flexibility index (Phi) is 9.65. The Labute approximate surface area is 109 Å². The molecule has 7 heteroatoms. The van der Waals surface area contributed by atoms with Crippen LogP contribution in [0.4, 0.5) is 4.39 Å². The Morgan fingerprint density at radius 1 is 1.00 bits per heavy atom. The standard InChI is InChI=1S/C10H27FO3Si3/c1-15(2)13-17(5,14-16(3)4)10-6-8-12-9-7-11/h15-16H,6-10H2,1-5H3. The molecule has 0 fully saturated rings. The van der Waals surface area contributed by atoms with E-state index in [2.05, 4.69) is 32.7 Å². The lowest BCUT2D eigenvalue weighted by molar-refractivity contribution is 0.118. The Hall–Kier alpha value is 0.461. The van der Waals surface area contributed by atoms with Gasteiger partial charge in [-0.2, -0.15) is 0 Å². The molecule has 0 aliphatic rings. The van der Waals surface area contributed by atoms with Gasteiger partial charge in [-0.25, -0.2) is 4.39 Å². The van der Waals surface area contributed by atoms with E-state index in [1.54, 1.807) is 0 Å². The summed E-state index contributed by atoms with van der Waals surface area (Å²) >= 11 is 0. The highest BCUT2D eigenvalue weighted by atomic mass is 28.5. The third kappa shape index (κ3) is 10.1. The molecule has 104 valence electrons. The molecule has 0 saturated carbocycles. The molecule has 0 spiro atoms. The Morgan fingerprint density at radius 3 is 1.94 bits per heavy atom. The van der Waals surface area contributed by atoms with Gasteiger partial charge < -0.3 is 13.0 Å². The fourth-order valence-electron chi connectivity index (χ4n) is 1.79. The van der Waals surface area contributed by atoms with Crippen molar-refractivity contribution in [1.29, 1.82) is 0 Å². The van der Waals surface area contributed by atoms with E-state index >= 15 is 0 Å². The van der Waals surface area contributed by atoms with Gasteiger partial charge in [-0.05, 0) is 45.2 Å². The number of hydrogen-bond donors (Lipinski definition) is 0. The van der Waals surface area contributed by atoms with Crippen molar-refractivity contribution in [1.82, 2.24) is 0 Å². The summed E-state index contributed by atoms with van der Waals surface area (Å²) in [5, 5.41) is 0. The average molecular weight is 299 g/mol. The Bertz CT molecular complexity index is 184. The van der Waals surface area contributed by atoms with Crippen LogP contribution >= 0.6 is 0 Å². The number of rotatable bonds is 10. The second kappa shape index (κ2) is 9.40. The molecular formula is C10H27FO3Si3. The smallest absolute Gasteiger partial charge is 0.314 e. The highest BCUT2D eigenvalue weighted by Crippen LogP contribution is 2.18. The lowest BCUT2D eigenvalue weighted by atomic mass is 10.5. The maximum Gasteiger partial charge on any atom is 0.314 e. The predicted octanol–water partition coefficient (Wildman–Crippen LogP) is 2.43. The molecule has 0 unspecified atom stereocenters. The van der Waals surface area contributed by atoms with E-state index in [0.29, 0.717) is 6.61 Å². The number of halogens is 1. The van der Waals surface area contributed by atoms with Crippen LogP contribution in [0.3, 0.4) is 0 Å². The highest BCUT2D eigenvalue weighted by molar-refractivity contribution is 6.79. The molecular weight excluding hydrogens is 271 g/mol. The van der Waals surface area contributed by atoms with Gasteiger partial charge in [0.05, 0.1) is 6.61 Å². The molecule has 0 saturated heterocycles. The van der Waals surface area contributed by atoms with E-state index < -0.39 is 33.3 Å². The molecule has 0 aromatic rings. The van der Waals surface area contributed by atoms with E-state index in [0.717, 1.165) is 12.5 Å². The minimum Gasteiger partial charge on any atom is -0.439 e. The van der Waals surface area contributed by atoms with Crippen molar-refractivity contribution in [2.24, 2.45) is 0 Å². The van der Waals surface area contributed by atoms with Crippen molar-refractivity contribution in [2.75, 3.05) is 19.9 Å². The van der Waals surface area contributed by atoms with Gasteiger partial charge in [0.1, 0.15) is 6.67 Å². The lowest BCUT2D eigenvalue weighted by Crippen LogP contribution is -2.45. The summed E-state index contributed by atoms with van der Waals surface area (Å²) in [6.07, 6.45) is 0.908. The molecule has 0 aromatic carbocycles. The minimum absolute atomic E-state index is 0.206. The van der Waals surface area contributed by atoms with Crippen LogP contribution < -0.4 is 0 Å². The van der Waals surface area contributed by atoms with Gasteiger partial charge in [0.2, 0.25) is 0 Å². The number of alkyl halides is 1. The summed E-state index contributed by atoms with van der Waals surface area (Å²) in [6.45, 7) is 11.3. The Balaban J connectivity index is 4.00. The van der Waals surface area contributed by atoms with Crippen molar-refractivity contribution in [3.05, 3.63) is 0 Å². The van der Waals surface area contributed by atoms with E-state index in [9.17, 15) is 4.39 Å². The van der Waals surface area contributed by atoms with Gasteiger partial charge in [-0.15, -0.1) is 0 Å². The zero-order valence-corrected chi connectivity index (χ0v) is 15.1. The summed E-state index contributed by atoms with van der Waals surface area (Å²) in [7, 11) is -4.11. The summed E-state index contributed by atoms with van der Waals surface area (Å²) in [6, 6.07) is 0.954. The molecule has 0 heterocycles. The summed E-state index contributed by atoms with van der Waals surface area (Å²) in [5.41, 5.74) is 0. The third-order valence-electron chi connectivity index (χ3n) is 2.11. The fourth-order valence-corrected chi connectivity index (χ4v) is 12.2. The molecule has 0 atom stereocenters. The first-order valence-corrected chi connectivity index (χ1v) is 14.5. The molecule has 0 aromatic heterocycles. The van der Waals surface area contributed by atoms with Crippen molar-refractivity contribution in [2.45, 2.75) is 45.2 Å². The first-order chi connectivity index (χ1) is 7.89. The highest BCUT2D eigenvalue weighted by Gasteiger charge is 2.32. The molecule has 0 bridgehead atoms. The van der Waals surface area contributed by atoms with E-state index in [1.807, 2.05) is 0 Å². The second-order valence-corrected chi connectivity index (χ2v) is 13.7.